The van der Waals surface area contributed by atoms with E-state index < -0.39 is 0 Å². The molecule has 2 amide bonds. The zero-order valence-electron chi connectivity index (χ0n) is 13.7. The van der Waals surface area contributed by atoms with Gasteiger partial charge in [-0.1, -0.05) is 6.07 Å². The molecule has 1 fully saturated rings. The van der Waals surface area contributed by atoms with Crippen LogP contribution in [0.1, 0.15) is 25.9 Å². The summed E-state index contributed by atoms with van der Waals surface area (Å²) in [6.07, 6.45) is 0.663. The smallest absolute Gasteiger partial charge is 0.275 e. The van der Waals surface area contributed by atoms with Crippen molar-refractivity contribution in [2.24, 2.45) is 5.73 Å². The van der Waals surface area contributed by atoms with E-state index in [4.69, 9.17) is 5.73 Å². The van der Waals surface area contributed by atoms with Crippen LogP contribution in [-0.2, 0) is 6.42 Å². The molecule has 0 spiro atoms. The maximum absolute atomic E-state index is 12.6. The molecule has 0 atom stereocenters. The molecule has 6 nitrogen and oxygen atoms in total. The number of anilines is 1. The number of amides is 2. The van der Waals surface area contributed by atoms with E-state index in [0.29, 0.717) is 29.9 Å². The lowest BCUT2D eigenvalue weighted by molar-refractivity contribution is 0.0772. The lowest BCUT2D eigenvalue weighted by atomic mass is 10.1. The molecule has 2 heterocycles. The second-order valence-corrected chi connectivity index (χ2v) is 7.77. The molecule has 1 saturated heterocycles. The van der Waals surface area contributed by atoms with E-state index in [-0.39, 0.29) is 11.8 Å². The number of benzene rings is 1. The molecule has 0 aliphatic carbocycles. The maximum Gasteiger partial charge on any atom is 0.275 e. The Morgan fingerprint density at radius 1 is 1.28 bits per heavy atom. The Labute approximate surface area is 154 Å². The predicted octanol–water partition coefficient (Wildman–Crippen LogP) is 2.09. The number of thiazole rings is 1. The van der Waals surface area contributed by atoms with Crippen molar-refractivity contribution in [3.8, 4) is 0 Å². The molecule has 132 valence electrons. The average molecular weight is 377 g/mol. The Morgan fingerprint density at radius 3 is 2.84 bits per heavy atom. The summed E-state index contributed by atoms with van der Waals surface area (Å²) in [4.78, 5) is 31.0. The first kappa shape index (κ1) is 17.9. The highest BCUT2D eigenvalue weighted by molar-refractivity contribution is 7.99. The van der Waals surface area contributed by atoms with E-state index >= 15 is 0 Å². The SMILES string of the molecule is NCCc1nc(C(=O)Nc2cccc(C(=O)N3CCSCC3)c2)cs1. The Hall–Kier alpha value is -1.90. The van der Waals surface area contributed by atoms with Crippen LogP contribution in [-0.4, -0.2) is 52.8 Å². The van der Waals surface area contributed by atoms with Crippen molar-refractivity contribution in [3.63, 3.8) is 0 Å². The first-order valence-electron chi connectivity index (χ1n) is 8.10. The highest BCUT2D eigenvalue weighted by atomic mass is 32.2. The van der Waals surface area contributed by atoms with Gasteiger partial charge in [0, 0.05) is 47.6 Å². The third-order valence-corrected chi connectivity index (χ3v) is 5.66. The molecule has 0 unspecified atom stereocenters. The normalized spacial score (nSPS) is 14.4. The van der Waals surface area contributed by atoms with Crippen LogP contribution < -0.4 is 11.1 Å². The minimum atomic E-state index is -0.279. The van der Waals surface area contributed by atoms with Gasteiger partial charge in [0.25, 0.3) is 11.8 Å². The molecule has 1 aliphatic rings. The van der Waals surface area contributed by atoms with Crippen LogP contribution in [0.3, 0.4) is 0 Å². The number of nitrogens with zero attached hydrogens (tertiary/aromatic N) is 2. The van der Waals surface area contributed by atoms with Gasteiger partial charge < -0.3 is 16.0 Å². The van der Waals surface area contributed by atoms with Crippen LogP contribution in [0, 0.1) is 0 Å². The first-order valence-corrected chi connectivity index (χ1v) is 10.1. The summed E-state index contributed by atoms with van der Waals surface area (Å²) in [7, 11) is 0. The maximum atomic E-state index is 12.6. The molecule has 1 aliphatic heterocycles. The Balaban J connectivity index is 1.68. The van der Waals surface area contributed by atoms with Crippen molar-refractivity contribution in [2.45, 2.75) is 6.42 Å². The van der Waals surface area contributed by atoms with E-state index in [0.717, 1.165) is 29.6 Å². The minimum absolute atomic E-state index is 0.00953. The quantitative estimate of drug-likeness (QED) is 0.834. The molecule has 8 heteroatoms. The Morgan fingerprint density at radius 2 is 2.08 bits per heavy atom. The van der Waals surface area contributed by atoms with Crippen molar-refractivity contribution >= 4 is 40.6 Å². The fraction of sp³-hybridized carbons (Fsp3) is 0.353. The molecule has 3 rings (SSSR count). The summed E-state index contributed by atoms with van der Waals surface area (Å²) in [6, 6.07) is 7.05. The summed E-state index contributed by atoms with van der Waals surface area (Å²) in [5.74, 6) is 1.67. The Bertz CT molecular complexity index is 757. The molecule has 3 N–H and O–H groups in total. The lowest BCUT2D eigenvalue weighted by Crippen LogP contribution is -2.37. The minimum Gasteiger partial charge on any atom is -0.337 e. The zero-order valence-corrected chi connectivity index (χ0v) is 15.4. The number of rotatable bonds is 5. The van der Waals surface area contributed by atoms with Gasteiger partial charge in [0.15, 0.2) is 0 Å². The van der Waals surface area contributed by atoms with Gasteiger partial charge in [-0.3, -0.25) is 9.59 Å². The third kappa shape index (κ3) is 4.59. The van der Waals surface area contributed by atoms with E-state index in [1.54, 1.807) is 29.6 Å². The standard InChI is InChI=1S/C17H20N4O2S2/c18-5-4-15-20-14(11-25-15)16(22)19-13-3-1-2-12(10-13)17(23)21-6-8-24-9-7-21/h1-3,10-11H,4-9,18H2,(H,19,22). The molecular weight excluding hydrogens is 356 g/mol. The number of hydrogen-bond acceptors (Lipinski definition) is 6. The van der Waals surface area contributed by atoms with Crippen LogP contribution in [0.2, 0.25) is 0 Å². The Kier molecular flexibility index (Phi) is 6.06. The van der Waals surface area contributed by atoms with E-state index in [1.807, 2.05) is 16.7 Å². The molecule has 0 radical (unpaired) electrons. The fourth-order valence-electron chi connectivity index (χ4n) is 2.53. The number of carbonyl (C=O) groups is 2. The van der Waals surface area contributed by atoms with Gasteiger partial charge in [0.05, 0.1) is 5.01 Å². The van der Waals surface area contributed by atoms with E-state index in [9.17, 15) is 9.59 Å². The number of aromatic nitrogens is 1. The van der Waals surface area contributed by atoms with Crippen LogP contribution >= 0.6 is 23.1 Å². The summed E-state index contributed by atoms with van der Waals surface area (Å²) >= 11 is 3.29. The topological polar surface area (TPSA) is 88.3 Å². The molecule has 0 bridgehead atoms. The van der Waals surface area contributed by atoms with Gasteiger partial charge >= 0.3 is 0 Å². The zero-order chi connectivity index (χ0) is 17.6. The van der Waals surface area contributed by atoms with Crippen LogP contribution in [0.4, 0.5) is 5.69 Å². The second-order valence-electron chi connectivity index (χ2n) is 5.60. The number of nitrogens with two attached hydrogens (primary N) is 1. The van der Waals surface area contributed by atoms with Crippen LogP contribution in [0.15, 0.2) is 29.6 Å². The molecule has 1 aromatic heterocycles. The van der Waals surface area contributed by atoms with Gasteiger partial charge in [-0.2, -0.15) is 11.8 Å². The summed E-state index contributed by atoms with van der Waals surface area (Å²) in [5.41, 5.74) is 7.06. The van der Waals surface area contributed by atoms with Gasteiger partial charge in [-0.25, -0.2) is 4.98 Å². The van der Waals surface area contributed by atoms with E-state index in [1.165, 1.54) is 11.3 Å². The second kappa shape index (κ2) is 8.46. The molecule has 2 aromatic rings. The van der Waals surface area contributed by atoms with Crippen molar-refractivity contribution in [1.29, 1.82) is 0 Å². The number of nitrogens with one attached hydrogen (secondary N) is 1. The number of hydrogen-bond donors (Lipinski definition) is 2. The monoisotopic (exact) mass is 376 g/mol. The summed E-state index contributed by atoms with van der Waals surface area (Å²) in [6.45, 7) is 2.04. The lowest BCUT2D eigenvalue weighted by Gasteiger charge is -2.26. The predicted molar refractivity (Wildman–Crippen MR) is 102 cm³/mol. The largest absolute Gasteiger partial charge is 0.337 e. The van der Waals surface area contributed by atoms with Gasteiger partial charge in [-0.15, -0.1) is 11.3 Å². The highest BCUT2D eigenvalue weighted by Gasteiger charge is 2.19. The number of carbonyl (C=O) groups excluding carboxylic acids is 2. The molecule has 25 heavy (non-hydrogen) atoms. The van der Waals surface area contributed by atoms with Crippen LogP contribution in [0.5, 0.6) is 0 Å². The van der Waals surface area contributed by atoms with Gasteiger partial charge in [-0.05, 0) is 24.7 Å². The van der Waals surface area contributed by atoms with Crippen LogP contribution in [0.25, 0.3) is 0 Å². The van der Waals surface area contributed by atoms with Crippen molar-refractivity contribution in [2.75, 3.05) is 36.5 Å². The van der Waals surface area contributed by atoms with Crippen molar-refractivity contribution in [3.05, 3.63) is 45.9 Å². The molecule has 0 saturated carbocycles. The first-order chi connectivity index (χ1) is 12.2. The van der Waals surface area contributed by atoms with Crippen molar-refractivity contribution < 1.29 is 9.59 Å². The summed E-state index contributed by atoms with van der Waals surface area (Å²) < 4.78 is 0. The van der Waals surface area contributed by atoms with Gasteiger partial charge in [0.1, 0.15) is 5.69 Å². The average Bonchev–Trinajstić information content (AvgIpc) is 3.11. The molecular formula is C17H20N4O2S2. The fourth-order valence-corrected chi connectivity index (χ4v) is 4.22. The van der Waals surface area contributed by atoms with Gasteiger partial charge in [0.2, 0.25) is 0 Å². The molecule has 1 aromatic carbocycles. The summed E-state index contributed by atoms with van der Waals surface area (Å²) in [5, 5.41) is 5.38. The van der Waals surface area contributed by atoms with Crippen molar-refractivity contribution in [1.82, 2.24) is 9.88 Å². The number of thioether (sulfide) groups is 1. The van der Waals surface area contributed by atoms with E-state index in [2.05, 4.69) is 10.3 Å². The third-order valence-electron chi connectivity index (χ3n) is 3.81. The highest BCUT2D eigenvalue weighted by Crippen LogP contribution is 2.17.